The van der Waals surface area contributed by atoms with Gasteiger partial charge in [0.2, 0.25) is 10.0 Å². The number of sulfonamides is 1. The molecule has 0 fully saturated rings. The minimum atomic E-state index is -3.61. The van der Waals surface area contributed by atoms with Crippen molar-refractivity contribution in [2.45, 2.75) is 30.8 Å². The summed E-state index contributed by atoms with van der Waals surface area (Å²) in [7, 11) is -3.61. The van der Waals surface area contributed by atoms with Gasteiger partial charge in [-0.1, -0.05) is 31.2 Å². The van der Waals surface area contributed by atoms with Gasteiger partial charge in [0, 0.05) is 25.1 Å². The summed E-state index contributed by atoms with van der Waals surface area (Å²) in [6, 6.07) is 12.0. The average Bonchev–Trinajstić information content (AvgIpc) is 2.66. The first kappa shape index (κ1) is 19.1. The number of hydrogen-bond acceptors (Lipinski definition) is 4. The van der Waals surface area contributed by atoms with E-state index in [1.165, 1.54) is 29.2 Å². The van der Waals surface area contributed by atoms with Crippen LogP contribution < -0.4 is 4.72 Å². The normalized spacial score (nSPS) is 16.6. The molecule has 0 aliphatic carbocycles. The molecule has 3 rings (SSSR count). The number of amides is 1. The van der Waals surface area contributed by atoms with Crippen LogP contribution in [0, 0.1) is 0 Å². The summed E-state index contributed by atoms with van der Waals surface area (Å²) in [5, 5.41) is 9.56. The van der Waals surface area contributed by atoms with Crippen molar-refractivity contribution in [2.75, 3.05) is 6.54 Å². The fraction of sp³-hybridized carbons (Fsp3) is 0.263. The molecule has 0 spiro atoms. The second kappa shape index (κ2) is 7.50. The van der Waals surface area contributed by atoms with E-state index < -0.39 is 27.9 Å². The quantitative estimate of drug-likeness (QED) is 0.810. The highest BCUT2D eigenvalue weighted by Crippen LogP contribution is 2.25. The Balaban J connectivity index is 1.89. The van der Waals surface area contributed by atoms with E-state index in [1.54, 1.807) is 6.92 Å². The molecule has 1 unspecified atom stereocenters. The smallest absolute Gasteiger partial charge is 0.326 e. The zero-order chi connectivity index (χ0) is 19.6. The molecule has 8 heteroatoms. The third kappa shape index (κ3) is 3.86. The third-order valence-corrected chi connectivity index (χ3v) is 6.10. The standard InChI is InChI=1S/C19H20N2O5S/c1-2-20-27(25,26)16-9-7-13(8-10-16)18(22)21-12-15-6-4-3-5-14(15)11-17(21)19(23)24/h3-10,17,20H,2,11-12H2,1H3,(H,23,24). The first-order valence-corrected chi connectivity index (χ1v) is 10.0. The van der Waals surface area contributed by atoms with Crippen molar-refractivity contribution in [3.05, 3.63) is 65.2 Å². The first-order chi connectivity index (χ1) is 12.8. The van der Waals surface area contributed by atoms with Crippen molar-refractivity contribution in [1.82, 2.24) is 9.62 Å². The van der Waals surface area contributed by atoms with E-state index in [4.69, 9.17) is 0 Å². The van der Waals surface area contributed by atoms with Gasteiger partial charge < -0.3 is 10.0 Å². The molecule has 0 saturated heterocycles. The number of carboxylic acids is 1. The molecule has 1 aliphatic heterocycles. The number of benzene rings is 2. The van der Waals surface area contributed by atoms with Crippen LogP contribution in [-0.2, 0) is 27.8 Å². The number of rotatable bonds is 5. The van der Waals surface area contributed by atoms with Crippen LogP contribution in [0.4, 0.5) is 0 Å². The summed E-state index contributed by atoms with van der Waals surface area (Å²) >= 11 is 0. The molecule has 7 nitrogen and oxygen atoms in total. The van der Waals surface area contributed by atoms with Gasteiger partial charge in [-0.15, -0.1) is 0 Å². The van der Waals surface area contributed by atoms with Crippen LogP contribution in [0.15, 0.2) is 53.4 Å². The molecular weight excluding hydrogens is 368 g/mol. The lowest BCUT2D eigenvalue weighted by Crippen LogP contribution is -2.48. The summed E-state index contributed by atoms with van der Waals surface area (Å²) in [6.45, 7) is 2.13. The van der Waals surface area contributed by atoms with Crippen molar-refractivity contribution < 1.29 is 23.1 Å². The van der Waals surface area contributed by atoms with Gasteiger partial charge in [0.1, 0.15) is 6.04 Å². The number of hydrogen-bond donors (Lipinski definition) is 2. The third-order valence-electron chi connectivity index (χ3n) is 4.54. The van der Waals surface area contributed by atoms with Crippen LogP contribution in [0.5, 0.6) is 0 Å². The number of nitrogens with one attached hydrogen (secondary N) is 1. The van der Waals surface area contributed by atoms with Crippen molar-refractivity contribution in [1.29, 1.82) is 0 Å². The minimum absolute atomic E-state index is 0.0553. The lowest BCUT2D eigenvalue weighted by molar-refractivity contribution is -0.142. The summed E-state index contributed by atoms with van der Waals surface area (Å²) in [5.41, 5.74) is 2.08. The van der Waals surface area contributed by atoms with Gasteiger partial charge in [-0.3, -0.25) is 4.79 Å². The highest BCUT2D eigenvalue weighted by Gasteiger charge is 2.35. The van der Waals surface area contributed by atoms with E-state index in [9.17, 15) is 23.1 Å². The van der Waals surface area contributed by atoms with Crippen molar-refractivity contribution >= 4 is 21.9 Å². The molecule has 0 aromatic heterocycles. The molecule has 1 atom stereocenters. The molecule has 0 radical (unpaired) electrons. The molecule has 0 bridgehead atoms. The van der Waals surface area contributed by atoms with Gasteiger partial charge in [0.25, 0.3) is 5.91 Å². The van der Waals surface area contributed by atoms with E-state index in [-0.39, 0.29) is 30.0 Å². The SMILES string of the molecule is CCNS(=O)(=O)c1ccc(C(=O)N2Cc3ccccc3CC2C(=O)O)cc1. The van der Waals surface area contributed by atoms with E-state index in [0.29, 0.717) is 0 Å². The molecule has 27 heavy (non-hydrogen) atoms. The maximum Gasteiger partial charge on any atom is 0.326 e. The number of carbonyl (C=O) groups excluding carboxylic acids is 1. The Morgan fingerprint density at radius 1 is 1.11 bits per heavy atom. The zero-order valence-corrected chi connectivity index (χ0v) is 15.6. The van der Waals surface area contributed by atoms with Crippen LogP contribution in [-0.4, -0.2) is 42.9 Å². The number of fused-ring (bicyclic) bond motifs is 1. The average molecular weight is 388 g/mol. The van der Waals surface area contributed by atoms with Crippen LogP contribution in [0.2, 0.25) is 0 Å². The topological polar surface area (TPSA) is 104 Å². The molecule has 1 heterocycles. The van der Waals surface area contributed by atoms with Gasteiger partial charge in [0.15, 0.2) is 0 Å². The summed E-state index contributed by atoms with van der Waals surface area (Å²) < 4.78 is 26.4. The van der Waals surface area contributed by atoms with Crippen LogP contribution in [0.25, 0.3) is 0 Å². The molecule has 142 valence electrons. The van der Waals surface area contributed by atoms with Gasteiger partial charge >= 0.3 is 5.97 Å². The van der Waals surface area contributed by atoms with Crippen LogP contribution in [0.1, 0.15) is 28.4 Å². The van der Waals surface area contributed by atoms with Crippen LogP contribution in [0.3, 0.4) is 0 Å². The largest absolute Gasteiger partial charge is 0.480 e. The van der Waals surface area contributed by atoms with Crippen molar-refractivity contribution in [3.63, 3.8) is 0 Å². The molecule has 0 saturated carbocycles. The van der Waals surface area contributed by atoms with E-state index in [0.717, 1.165) is 11.1 Å². The molecule has 2 N–H and O–H groups in total. The number of carboxylic acid groups (broad SMARTS) is 1. The predicted octanol–water partition coefficient (Wildman–Crippen LogP) is 1.64. The van der Waals surface area contributed by atoms with Gasteiger partial charge in [-0.25, -0.2) is 17.9 Å². The monoisotopic (exact) mass is 388 g/mol. The summed E-state index contributed by atoms with van der Waals surface area (Å²) in [4.78, 5) is 26.0. The zero-order valence-electron chi connectivity index (χ0n) is 14.8. The van der Waals surface area contributed by atoms with Gasteiger partial charge in [0.05, 0.1) is 4.90 Å². The molecule has 2 aromatic carbocycles. The Morgan fingerprint density at radius 3 is 2.33 bits per heavy atom. The molecule has 1 aliphatic rings. The maximum absolute atomic E-state index is 12.9. The molecular formula is C19H20N2O5S. The van der Waals surface area contributed by atoms with Crippen molar-refractivity contribution in [2.24, 2.45) is 0 Å². The summed E-state index contributed by atoms with van der Waals surface area (Å²) in [5.74, 6) is -1.51. The number of nitrogens with zero attached hydrogens (tertiary/aromatic N) is 1. The first-order valence-electron chi connectivity index (χ1n) is 8.53. The highest BCUT2D eigenvalue weighted by molar-refractivity contribution is 7.89. The second-order valence-electron chi connectivity index (χ2n) is 6.29. The second-order valence-corrected chi connectivity index (χ2v) is 8.05. The van der Waals surface area contributed by atoms with Crippen LogP contribution >= 0.6 is 0 Å². The van der Waals surface area contributed by atoms with E-state index in [2.05, 4.69) is 4.72 Å². The maximum atomic E-state index is 12.9. The Morgan fingerprint density at radius 2 is 1.74 bits per heavy atom. The van der Waals surface area contributed by atoms with Gasteiger partial charge in [-0.2, -0.15) is 0 Å². The lowest BCUT2D eigenvalue weighted by Gasteiger charge is -2.34. The molecule has 2 aromatic rings. The predicted molar refractivity (Wildman–Crippen MR) is 98.7 cm³/mol. The Hall–Kier alpha value is -2.71. The van der Waals surface area contributed by atoms with Gasteiger partial charge in [-0.05, 0) is 35.4 Å². The fourth-order valence-electron chi connectivity index (χ4n) is 3.17. The molecule has 1 amide bonds. The Bertz CT molecular complexity index is 970. The fourth-order valence-corrected chi connectivity index (χ4v) is 4.21. The highest BCUT2D eigenvalue weighted by atomic mass is 32.2. The van der Waals surface area contributed by atoms with E-state index in [1.807, 2.05) is 24.3 Å². The minimum Gasteiger partial charge on any atom is -0.480 e. The van der Waals surface area contributed by atoms with E-state index >= 15 is 0 Å². The Kier molecular flexibility index (Phi) is 5.29. The Labute approximate surface area is 157 Å². The number of carbonyl (C=O) groups is 2. The summed E-state index contributed by atoms with van der Waals surface area (Å²) in [6.07, 6.45) is 0.240. The number of aliphatic carboxylic acids is 1. The van der Waals surface area contributed by atoms with Crippen molar-refractivity contribution in [3.8, 4) is 0 Å². The lowest BCUT2D eigenvalue weighted by atomic mass is 9.93.